The molecule has 5 nitrogen and oxygen atoms in total. The van der Waals surface area contributed by atoms with Crippen LogP contribution in [0.2, 0.25) is 0 Å². The van der Waals surface area contributed by atoms with E-state index in [2.05, 4.69) is 20.3 Å². The quantitative estimate of drug-likeness (QED) is 0.786. The lowest BCUT2D eigenvalue weighted by Gasteiger charge is -2.09. The fourth-order valence-corrected chi connectivity index (χ4v) is 3.22. The van der Waals surface area contributed by atoms with Crippen molar-refractivity contribution in [1.82, 2.24) is 13.9 Å². The van der Waals surface area contributed by atoms with Crippen LogP contribution in [0, 0.1) is 6.92 Å². The Bertz CT molecular complexity index is 762. The van der Waals surface area contributed by atoms with E-state index in [0.717, 1.165) is 39.7 Å². The van der Waals surface area contributed by atoms with Gasteiger partial charge in [-0.1, -0.05) is 12.1 Å². The zero-order valence-corrected chi connectivity index (χ0v) is 13.2. The smallest absolute Gasteiger partial charge is 0.146 e. The average Bonchev–Trinajstić information content (AvgIpc) is 3.05. The third-order valence-corrected chi connectivity index (χ3v) is 4.44. The molecule has 0 aliphatic carbocycles. The lowest BCUT2D eigenvalue weighted by atomic mass is 10.2. The Labute approximate surface area is 127 Å². The van der Waals surface area contributed by atoms with Crippen LogP contribution in [0.15, 0.2) is 24.3 Å². The predicted octanol–water partition coefficient (Wildman–Crippen LogP) is 3.16. The van der Waals surface area contributed by atoms with Crippen LogP contribution in [-0.4, -0.2) is 34.7 Å². The summed E-state index contributed by atoms with van der Waals surface area (Å²) in [5.74, 6) is 0.948. The van der Waals surface area contributed by atoms with Gasteiger partial charge in [0.25, 0.3) is 0 Å². The highest BCUT2D eigenvalue weighted by atomic mass is 32.1. The lowest BCUT2D eigenvalue weighted by molar-refractivity contribution is 0.188. The van der Waals surface area contributed by atoms with Gasteiger partial charge in [0.05, 0.1) is 28.9 Å². The van der Waals surface area contributed by atoms with E-state index in [4.69, 9.17) is 9.72 Å². The van der Waals surface area contributed by atoms with Gasteiger partial charge >= 0.3 is 0 Å². The standard InChI is InChI=1S/C15H18N4OS/c1-10-13(15(16-2)21-18-10)14-17-11-6-4-5-7-12(11)19(14)8-9-20-3/h4-7,16H,8-9H2,1-3H3. The molecular formula is C15H18N4OS. The van der Waals surface area contributed by atoms with Gasteiger partial charge in [-0.15, -0.1) is 0 Å². The molecule has 0 spiro atoms. The second-order valence-corrected chi connectivity index (χ2v) is 5.56. The molecule has 0 unspecified atom stereocenters. The van der Waals surface area contributed by atoms with Gasteiger partial charge in [0.15, 0.2) is 0 Å². The number of methoxy groups -OCH3 is 1. The van der Waals surface area contributed by atoms with Gasteiger partial charge < -0.3 is 14.6 Å². The molecule has 0 bridgehead atoms. The summed E-state index contributed by atoms with van der Waals surface area (Å²) in [4.78, 5) is 4.81. The van der Waals surface area contributed by atoms with Gasteiger partial charge in [0.2, 0.25) is 0 Å². The second-order valence-electron chi connectivity index (χ2n) is 4.79. The highest BCUT2D eigenvalue weighted by molar-refractivity contribution is 7.10. The van der Waals surface area contributed by atoms with Crippen LogP contribution in [0.1, 0.15) is 5.69 Å². The summed E-state index contributed by atoms with van der Waals surface area (Å²) >= 11 is 1.47. The molecule has 0 aliphatic rings. The van der Waals surface area contributed by atoms with Crippen LogP contribution in [0.25, 0.3) is 22.4 Å². The molecule has 3 rings (SSSR count). The number of aromatic nitrogens is 3. The maximum Gasteiger partial charge on any atom is 0.146 e. The third kappa shape index (κ3) is 2.41. The molecule has 6 heteroatoms. The number of ether oxygens (including phenoxy) is 1. The number of nitrogens with zero attached hydrogens (tertiary/aromatic N) is 3. The van der Waals surface area contributed by atoms with Gasteiger partial charge in [0.1, 0.15) is 10.8 Å². The summed E-state index contributed by atoms with van der Waals surface area (Å²) in [6.45, 7) is 3.44. The molecule has 0 saturated heterocycles. The number of imidazole rings is 1. The first-order valence-electron chi connectivity index (χ1n) is 6.85. The van der Waals surface area contributed by atoms with Crippen molar-refractivity contribution in [2.24, 2.45) is 0 Å². The summed E-state index contributed by atoms with van der Waals surface area (Å²) in [5.41, 5.74) is 4.20. The number of para-hydroxylation sites is 2. The van der Waals surface area contributed by atoms with E-state index in [0.29, 0.717) is 6.61 Å². The van der Waals surface area contributed by atoms with E-state index in [9.17, 15) is 0 Å². The molecule has 110 valence electrons. The van der Waals surface area contributed by atoms with Crippen molar-refractivity contribution in [2.45, 2.75) is 13.5 Å². The summed E-state index contributed by atoms with van der Waals surface area (Å²) in [6.07, 6.45) is 0. The monoisotopic (exact) mass is 302 g/mol. The molecule has 2 aromatic heterocycles. The second kappa shape index (κ2) is 5.83. The van der Waals surface area contributed by atoms with E-state index < -0.39 is 0 Å². The highest BCUT2D eigenvalue weighted by Gasteiger charge is 2.19. The molecule has 3 aromatic rings. The number of hydrogen-bond acceptors (Lipinski definition) is 5. The largest absolute Gasteiger partial charge is 0.383 e. The molecule has 0 amide bonds. The number of anilines is 1. The van der Waals surface area contributed by atoms with Gasteiger partial charge in [0, 0.05) is 20.7 Å². The van der Waals surface area contributed by atoms with Crippen molar-refractivity contribution < 1.29 is 4.74 Å². The minimum Gasteiger partial charge on any atom is -0.383 e. The first-order chi connectivity index (χ1) is 10.3. The molecule has 0 radical (unpaired) electrons. The van der Waals surface area contributed by atoms with Crippen molar-refractivity contribution in [1.29, 1.82) is 0 Å². The summed E-state index contributed by atoms with van der Waals surface area (Å²) in [6, 6.07) is 8.18. The van der Waals surface area contributed by atoms with E-state index in [-0.39, 0.29) is 0 Å². The van der Waals surface area contributed by atoms with E-state index >= 15 is 0 Å². The van der Waals surface area contributed by atoms with Crippen LogP contribution in [0.3, 0.4) is 0 Å². The SMILES string of the molecule is CNc1snc(C)c1-c1nc2ccccc2n1CCOC. The molecule has 0 saturated carbocycles. The van der Waals surface area contributed by atoms with Crippen molar-refractivity contribution in [3.8, 4) is 11.4 Å². The Kier molecular flexibility index (Phi) is 3.90. The third-order valence-electron chi connectivity index (χ3n) is 3.49. The van der Waals surface area contributed by atoms with Crippen LogP contribution in [0.4, 0.5) is 5.00 Å². The molecule has 0 aliphatic heterocycles. The summed E-state index contributed by atoms with van der Waals surface area (Å²) < 4.78 is 11.9. The highest BCUT2D eigenvalue weighted by Crippen LogP contribution is 2.35. The Morgan fingerprint density at radius 2 is 2.14 bits per heavy atom. The van der Waals surface area contributed by atoms with Gasteiger partial charge in [-0.2, -0.15) is 4.37 Å². The Hall–Kier alpha value is -1.92. The van der Waals surface area contributed by atoms with E-state index in [1.54, 1.807) is 7.11 Å². The minimum atomic E-state index is 0.652. The van der Waals surface area contributed by atoms with Crippen LogP contribution < -0.4 is 5.32 Å². The van der Waals surface area contributed by atoms with Crippen molar-refractivity contribution >= 4 is 27.6 Å². The number of fused-ring (bicyclic) bond motifs is 1. The topological polar surface area (TPSA) is 52.0 Å². The number of nitrogens with one attached hydrogen (secondary N) is 1. The number of benzene rings is 1. The average molecular weight is 302 g/mol. The number of aryl methyl sites for hydroxylation is 1. The van der Waals surface area contributed by atoms with Crippen molar-refractivity contribution in [3.63, 3.8) is 0 Å². The molecule has 1 aromatic carbocycles. The maximum absolute atomic E-state index is 5.25. The molecule has 2 heterocycles. The van der Waals surface area contributed by atoms with Gasteiger partial charge in [-0.05, 0) is 30.6 Å². The normalized spacial score (nSPS) is 11.2. The van der Waals surface area contributed by atoms with Crippen LogP contribution in [0.5, 0.6) is 0 Å². The number of rotatable bonds is 5. The molecular weight excluding hydrogens is 284 g/mol. The first kappa shape index (κ1) is 14.0. The predicted molar refractivity (Wildman–Crippen MR) is 87.0 cm³/mol. The summed E-state index contributed by atoms with van der Waals surface area (Å²) in [5, 5.41) is 4.26. The molecule has 0 fully saturated rings. The minimum absolute atomic E-state index is 0.652. The first-order valence-corrected chi connectivity index (χ1v) is 7.62. The molecule has 21 heavy (non-hydrogen) atoms. The summed E-state index contributed by atoms with van der Waals surface area (Å²) in [7, 11) is 3.63. The van der Waals surface area contributed by atoms with Gasteiger partial charge in [-0.3, -0.25) is 0 Å². The van der Waals surface area contributed by atoms with Crippen LogP contribution in [-0.2, 0) is 11.3 Å². The fraction of sp³-hybridized carbons (Fsp3) is 0.333. The lowest BCUT2D eigenvalue weighted by Crippen LogP contribution is -2.06. The Morgan fingerprint density at radius 3 is 2.90 bits per heavy atom. The van der Waals surface area contributed by atoms with Crippen LogP contribution >= 0.6 is 11.5 Å². The van der Waals surface area contributed by atoms with E-state index in [1.807, 2.05) is 32.2 Å². The molecule has 1 N–H and O–H groups in total. The maximum atomic E-state index is 5.25. The fourth-order valence-electron chi connectivity index (χ4n) is 2.48. The van der Waals surface area contributed by atoms with Crippen molar-refractivity contribution in [3.05, 3.63) is 30.0 Å². The zero-order valence-electron chi connectivity index (χ0n) is 12.4. The Morgan fingerprint density at radius 1 is 1.33 bits per heavy atom. The van der Waals surface area contributed by atoms with Crippen molar-refractivity contribution in [2.75, 3.05) is 26.1 Å². The van der Waals surface area contributed by atoms with Gasteiger partial charge in [-0.25, -0.2) is 4.98 Å². The van der Waals surface area contributed by atoms with E-state index in [1.165, 1.54) is 11.5 Å². The number of hydrogen-bond donors (Lipinski definition) is 1. The molecule has 0 atom stereocenters. The zero-order chi connectivity index (χ0) is 14.8. The Balaban J connectivity index is 2.23.